The lowest BCUT2D eigenvalue weighted by Gasteiger charge is -2.22. The number of hydrogen-bond donors (Lipinski definition) is 0. The summed E-state index contributed by atoms with van der Waals surface area (Å²) in [6, 6.07) is 8.84. The number of nitrogens with zero attached hydrogens (tertiary/aromatic N) is 2. The highest BCUT2D eigenvalue weighted by Gasteiger charge is 2.31. The monoisotopic (exact) mass is 512 g/mol. The predicted octanol–water partition coefficient (Wildman–Crippen LogP) is 5.78. The van der Waals surface area contributed by atoms with E-state index in [1.165, 1.54) is 31.4 Å². The molecule has 1 heterocycles. The van der Waals surface area contributed by atoms with Crippen LogP contribution in [0.2, 0.25) is 0 Å². The Bertz CT molecular complexity index is 1270. The summed E-state index contributed by atoms with van der Waals surface area (Å²) in [6.07, 6.45) is -3.44. The van der Waals surface area contributed by atoms with E-state index >= 15 is 0 Å². The lowest BCUT2D eigenvalue weighted by molar-refractivity contribution is -0.137. The van der Waals surface area contributed by atoms with Crippen LogP contribution in [0.1, 0.15) is 41.8 Å². The molecule has 0 spiro atoms. The summed E-state index contributed by atoms with van der Waals surface area (Å²) >= 11 is 1.13. The van der Waals surface area contributed by atoms with Gasteiger partial charge in [0.15, 0.2) is 5.82 Å². The molecule has 0 saturated carbocycles. The molecular weight excluding hydrogens is 489 g/mol. The molecule has 0 saturated heterocycles. The Labute approximate surface area is 200 Å². The van der Waals surface area contributed by atoms with Crippen molar-refractivity contribution >= 4 is 33.1 Å². The Kier molecular flexibility index (Phi) is 7.67. The Morgan fingerprint density at radius 1 is 1.12 bits per heavy atom. The molecule has 1 aromatic heterocycles. The van der Waals surface area contributed by atoms with Gasteiger partial charge in [0, 0.05) is 17.5 Å². The van der Waals surface area contributed by atoms with Gasteiger partial charge in [-0.25, -0.2) is 22.5 Å². The van der Waals surface area contributed by atoms with Crippen molar-refractivity contribution in [1.82, 2.24) is 4.98 Å². The number of hydrogen-bond acceptors (Lipinski definition) is 6. The van der Waals surface area contributed by atoms with E-state index < -0.39 is 27.7 Å². The molecule has 0 amide bonds. The molecule has 11 heteroatoms. The van der Waals surface area contributed by atoms with Crippen molar-refractivity contribution in [3.63, 3.8) is 0 Å². The molecule has 0 N–H and O–H groups in total. The maximum atomic E-state index is 13.5. The molecular formula is C23H23F3N2O4S2. The zero-order valence-corrected chi connectivity index (χ0v) is 20.4. The highest BCUT2D eigenvalue weighted by Crippen LogP contribution is 2.34. The van der Waals surface area contributed by atoms with E-state index in [-0.39, 0.29) is 22.8 Å². The van der Waals surface area contributed by atoms with Crippen LogP contribution in [0, 0.1) is 0 Å². The van der Waals surface area contributed by atoms with Gasteiger partial charge in [0.2, 0.25) is 0 Å². The first-order valence-electron chi connectivity index (χ1n) is 10.4. The van der Waals surface area contributed by atoms with Crippen molar-refractivity contribution in [2.45, 2.75) is 37.8 Å². The molecule has 3 rings (SSSR count). The molecule has 3 aromatic rings. The van der Waals surface area contributed by atoms with Crippen LogP contribution in [0.25, 0.3) is 10.6 Å². The smallest absolute Gasteiger partial charge is 0.416 e. The highest BCUT2D eigenvalue weighted by molar-refractivity contribution is 7.92. The van der Waals surface area contributed by atoms with E-state index in [2.05, 4.69) is 4.98 Å². The lowest BCUT2D eigenvalue weighted by atomic mass is 10.1. The van der Waals surface area contributed by atoms with Crippen LogP contribution >= 0.6 is 11.3 Å². The Morgan fingerprint density at radius 2 is 1.79 bits per heavy atom. The number of alkyl halides is 3. The third kappa shape index (κ3) is 5.25. The zero-order valence-electron chi connectivity index (χ0n) is 18.7. The highest BCUT2D eigenvalue weighted by atomic mass is 32.2. The number of esters is 1. The number of carbonyl (C=O) groups excluding carboxylic acids is 1. The van der Waals surface area contributed by atoms with E-state index in [4.69, 9.17) is 4.74 Å². The molecule has 0 unspecified atom stereocenters. The topological polar surface area (TPSA) is 76.6 Å². The van der Waals surface area contributed by atoms with E-state index in [9.17, 15) is 26.4 Å². The van der Waals surface area contributed by atoms with Crippen LogP contribution in [-0.2, 0) is 27.4 Å². The normalized spacial score (nSPS) is 11.9. The summed E-state index contributed by atoms with van der Waals surface area (Å²) in [7, 11) is -2.85. The van der Waals surface area contributed by atoms with Gasteiger partial charge in [0.25, 0.3) is 10.0 Å². The number of sulfonamides is 1. The molecule has 0 aliphatic carbocycles. The van der Waals surface area contributed by atoms with Gasteiger partial charge in [-0.15, -0.1) is 11.3 Å². The molecule has 0 atom stereocenters. The quantitative estimate of drug-likeness (QED) is 0.358. The number of aryl methyl sites for hydroxylation is 1. The van der Waals surface area contributed by atoms with Crippen LogP contribution in [-0.4, -0.2) is 33.0 Å². The van der Waals surface area contributed by atoms with E-state index in [1.807, 2.05) is 13.8 Å². The van der Waals surface area contributed by atoms with E-state index in [0.29, 0.717) is 29.0 Å². The van der Waals surface area contributed by atoms with Crippen molar-refractivity contribution in [3.8, 4) is 10.6 Å². The molecule has 2 aromatic carbocycles. The summed E-state index contributed by atoms with van der Waals surface area (Å²) in [4.78, 5) is 16.5. The first-order valence-corrected chi connectivity index (χ1v) is 12.7. The number of methoxy groups -OCH3 is 1. The molecule has 182 valence electrons. The van der Waals surface area contributed by atoms with Crippen LogP contribution in [0.3, 0.4) is 0 Å². The molecule has 0 aliphatic rings. The fraction of sp³-hybridized carbons (Fsp3) is 0.304. The number of carbonyl (C=O) groups is 1. The average molecular weight is 513 g/mol. The van der Waals surface area contributed by atoms with Crippen molar-refractivity contribution in [3.05, 3.63) is 64.5 Å². The fourth-order valence-electron chi connectivity index (χ4n) is 3.33. The van der Waals surface area contributed by atoms with Crippen LogP contribution < -0.4 is 4.31 Å². The number of thiazole rings is 1. The number of rotatable bonds is 8. The maximum Gasteiger partial charge on any atom is 0.416 e. The standard InChI is InChI=1S/C23H23F3N2O4S2/c1-4-12-28(34(30,31)18-11-8-15(5-2)19(13-18)22(29)32-3)20-14-33-21(27-20)16-6-9-17(10-7-16)23(24,25)26/h6-11,13-14H,4-5,12H2,1-3H3. The minimum atomic E-state index is -4.45. The van der Waals surface area contributed by atoms with E-state index in [1.54, 1.807) is 11.4 Å². The minimum Gasteiger partial charge on any atom is -0.465 e. The third-order valence-electron chi connectivity index (χ3n) is 5.09. The van der Waals surface area contributed by atoms with Crippen LogP contribution in [0.15, 0.2) is 52.7 Å². The number of anilines is 1. The van der Waals surface area contributed by atoms with Gasteiger partial charge in [-0.3, -0.25) is 0 Å². The van der Waals surface area contributed by atoms with Crippen molar-refractivity contribution in [2.24, 2.45) is 0 Å². The molecule has 0 bridgehead atoms. The van der Waals surface area contributed by atoms with Gasteiger partial charge in [-0.1, -0.05) is 32.0 Å². The number of halogens is 3. The number of benzene rings is 2. The average Bonchev–Trinajstić information content (AvgIpc) is 3.30. The second kappa shape index (κ2) is 10.1. The molecule has 6 nitrogen and oxygen atoms in total. The van der Waals surface area contributed by atoms with Gasteiger partial charge in [0.05, 0.1) is 23.1 Å². The van der Waals surface area contributed by atoms with E-state index in [0.717, 1.165) is 27.8 Å². The molecule has 0 fully saturated rings. The zero-order chi connectivity index (χ0) is 25.1. The molecule has 34 heavy (non-hydrogen) atoms. The first kappa shape index (κ1) is 25.7. The molecule has 0 aliphatic heterocycles. The van der Waals surface area contributed by atoms with Crippen LogP contribution in [0.5, 0.6) is 0 Å². The summed E-state index contributed by atoms with van der Waals surface area (Å²) < 4.78 is 71.5. The van der Waals surface area contributed by atoms with Crippen molar-refractivity contribution in [1.29, 1.82) is 0 Å². The fourth-order valence-corrected chi connectivity index (χ4v) is 5.73. The predicted molar refractivity (Wildman–Crippen MR) is 125 cm³/mol. The first-order chi connectivity index (χ1) is 16.0. The molecule has 0 radical (unpaired) electrons. The lowest BCUT2D eigenvalue weighted by Crippen LogP contribution is -2.32. The SMILES string of the molecule is CCCN(c1csc(-c2ccc(C(F)(F)F)cc2)n1)S(=O)(=O)c1ccc(CC)c(C(=O)OC)c1. The van der Waals surface area contributed by atoms with Gasteiger partial charge in [0.1, 0.15) is 5.01 Å². The Hall–Kier alpha value is -2.92. The minimum absolute atomic E-state index is 0.0809. The Balaban J connectivity index is 1.99. The second-order valence-electron chi connectivity index (χ2n) is 7.33. The van der Waals surface area contributed by atoms with Crippen molar-refractivity contribution < 1.29 is 31.1 Å². The van der Waals surface area contributed by atoms with Crippen LogP contribution in [0.4, 0.5) is 19.0 Å². The van der Waals surface area contributed by atoms with Gasteiger partial charge in [-0.2, -0.15) is 13.2 Å². The van der Waals surface area contributed by atoms with Gasteiger partial charge in [-0.05, 0) is 42.7 Å². The second-order valence-corrected chi connectivity index (χ2v) is 10.0. The van der Waals surface area contributed by atoms with Crippen molar-refractivity contribution in [2.75, 3.05) is 18.0 Å². The van der Waals surface area contributed by atoms with Gasteiger partial charge < -0.3 is 4.74 Å². The van der Waals surface area contributed by atoms with Gasteiger partial charge >= 0.3 is 12.1 Å². The number of aromatic nitrogens is 1. The third-order valence-corrected chi connectivity index (χ3v) is 7.77. The summed E-state index contributed by atoms with van der Waals surface area (Å²) in [5, 5.41) is 1.93. The maximum absolute atomic E-state index is 13.5. The number of ether oxygens (including phenoxy) is 1. The Morgan fingerprint density at radius 3 is 2.35 bits per heavy atom. The summed E-state index contributed by atoms with van der Waals surface area (Å²) in [5.74, 6) is -0.477. The summed E-state index contributed by atoms with van der Waals surface area (Å²) in [5.41, 5.74) is 0.496. The summed E-state index contributed by atoms with van der Waals surface area (Å²) in [6.45, 7) is 3.78. The largest absolute Gasteiger partial charge is 0.465 e.